The van der Waals surface area contributed by atoms with E-state index < -0.39 is 11.7 Å². The van der Waals surface area contributed by atoms with Gasteiger partial charge in [0.2, 0.25) is 0 Å². The molecule has 6 heteroatoms. The third-order valence-electron chi connectivity index (χ3n) is 2.75. The minimum Gasteiger partial charge on any atom is -0.492 e. The molecule has 2 aromatic carbocycles. The van der Waals surface area contributed by atoms with E-state index in [1.165, 1.54) is 12.1 Å². The summed E-state index contributed by atoms with van der Waals surface area (Å²) in [6, 6.07) is 8.74. The number of nitrogens with one attached hydrogen (secondary N) is 1. The average Bonchev–Trinajstić information content (AvgIpc) is 2.45. The molecule has 1 amide bonds. The highest BCUT2D eigenvalue weighted by molar-refractivity contribution is 6.31. The van der Waals surface area contributed by atoms with Crippen molar-refractivity contribution in [3.63, 3.8) is 0 Å². The van der Waals surface area contributed by atoms with Gasteiger partial charge in [0.25, 0.3) is 5.91 Å². The third kappa shape index (κ3) is 3.64. The fraction of sp³-hybridized carbons (Fsp3) is 0.133. The first-order valence-corrected chi connectivity index (χ1v) is 6.67. The molecule has 0 aliphatic heterocycles. The van der Waals surface area contributed by atoms with Crippen molar-refractivity contribution in [1.29, 1.82) is 0 Å². The predicted molar refractivity (Wildman–Crippen MR) is 81.4 cm³/mol. The number of ether oxygens (including phenoxy) is 1. The maximum atomic E-state index is 13.4. The molecule has 21 heavy (non-hydrogen) atoms. The highest BCUT2D eigenvalue weighted by Gasteiger charge is 2.12. The van der Waals surface area contributed by atoms with E-state index in [0.29, 0.717) is 23.1 Å². The van der Waals surface area contributed by atoms with Crippen LogP contribution in [-0.2, 0) is 0 Å². The fourth-order valence-electron chi connectivity index (χ4n) is 1.74. The van der Waals surface area contributed by atoms with Crippen molar-refractivity contribution in [2.75, 3.05) is 17.7 Å². The summed E-state index contributed by atoms with van der Waals surface area (Å²) >= 11 is 5.91. The first kappa shape index (κ1) is 15.1. The second-order valence-corrected chi connectivity index (χ2v) is 4.70. The number of benzene rings is 2. The molecule has 0 radical (unpaired) electrons. The van der Waals surface area contributed by atoms with E-state index in [-0.39, 0.29) is 11.3 Å². The number of hydrogen-bond donors (Lipinski definition) is 2. The van der Waals surface area contributed by atoms with Crippen LogP contribution in [0.4, 0.5) is 15.8 Å². The van der Waals surface area contributed by atoms with Gasteiger partial charge in [-0.1, -0.05) is 11.6 Å². The van der Waals surface area contributed by atoms with Gasteiger partial charge in [0.05, 0.1) is 18.0 Å². The molecule has 0 atom stereocenters. The lowest BCUT2D eigenvalue weighted by Gasteiger charge is -2.12. The van der Waals surface area contributed by atoms with E-state index in [1.807, 2.05) is 6.92 Å². The maximum absolute atomic E-state index is 13.4. The van der Waals surface area contributed by atoms with Gasteiger partial charge >= 0.3 is 0 Å². The van der Waals surface area contributed by atoms with Crippen LogP contribution in [-0.4, -0.2) is 12.5 Å². The van der Waals surface area contributed by atoms with Gasteiger partial charge < -0.3 is 15.8 Å². The van der Waals surface area contributed by atoms with Gasteiger partial charge in [-0.15, -0.1) is 0 Å². The van der Waals surface area contributed by atoms with Gasteiger partial charge in [-0.3, -0.25) is 4.79 Å². The standard InChI is InChI=1S/C15H14ClFN2O2/c1-2-21-14-6-4-10(16)8-13(14)19-15(20)9-3-5-12(18)11(17)7-9/h3-8H,2,18H2,1H3,(H,19,20). The van der Waals surface area contributed by atoms with Crippen molar-refractivity contribution < 1.29 is 13.9 Å². The van der Waals surface area contributed by atoms with Crippen LogP contribution < -0.4 is 15.8 Å². The molecular formula is C15H14ClFN2O2. The highest BCUT2D eigenvalue weighted by atomic mass is 35.5. The number of nitrogens with two attached hydrogens (primary N) is 1. The smallest absolute Gasteiger partial charge is 0.255 e. The summed E-state index contributed by atoms with van der Waals surface area (Å²) in [5.41, 5.74) is 5.95. The van der Waals surface area contributed by atoms with Crippen LogP contribution >= 0.6 is 11.6 Å². The van der Waals surface area contributed by atoms with E-state index in [4.69, 9.17) is 22.1 Å². The zero-order chi connectivity index (χ0) is 15.4. The molecule has 110 valence electrons. The number of nitrogen functional groups attached to an aromatic ring is 1. The molecule has 2 aromatic rings. The second kappa shape index (κ2) is 6.45. The Morgan fingerprint density at radius 3 is 2.76 bits per heavy atom. The van der Waals surface area contributed by atoms with Crippen molar-refractivity contribution >= 4 is 28.9 Å². The minimum atomic E-state index is -0.640. The number of rotatable bonds is 4. The normalized spacial score (nSPS) is 10.2. The lowest BCUT2D eigenvalue weighted by molar-refractivity contribution is 0.102. The molecule has 0 spiro atoms. The molecule has 2 rings (SSSR count). The number of carbonyl (C=O) groups excluding carboxylic acids is 1. The van der Waals surface area contributed by atoms with Crippen LogP contribution in [0.3, 0.4) is 0 Å². The molecule has 0 aliphatic carbocycles. The van der Waals surface area contributed by atoms with Crippen molar-refractivity contribution in [1.82, 2.24) is 0 Å². The minimum absolute atomic E-state index is 0.00990. The van der Waals surface area contributed by atoms with Crippen LogP contribution in [0.2, 0.25) is 5.02 Å². The Morgan fingerprint density at radius 1 is 1.33 bits per heavy atom. The first-order chi connectivity index (χ1) is 10.0. The van der Waals surface area contributed by atoms with Crippen LogP contribution in [0.1, 0.15) is 17.3 Å². The summed E-state index contributed by atoms with van der Waals surface area (Å²) in [5, 5.41) is 3.10. The number of halogens is 2. The van der Waals surface area contributed by atoms with Crippen molar-refractivity contribution in [3.05, 3.63) is 52.8 Å². The molecule has 4 nitrogen and oxygen atoms in total. The highest BCUT2D eigenvalue weighted by Crippen LogP contribution is 2.28. The molecule has 0 unspecified atom stereocenters. The summed E-state index contributed by atoms with van der Waals surface area (Å²) < 4.78 is 18.8. The lowest BCUT2D eigenvalue weighted by atomic mass is 10.1. The van der Waals surface area contributed by atoms with Crippen LogP contribution in [0.5, 0.6) is 5.75 Å². The SMILES string of the molecule is CCOc1ccc(Cl)cc1NC(=O)c1ccc(N)c(F)c1. The van der Waals surface area contributed by atoms with Crippen molar-refractivity contribution in [2.45, 2.75) is 6.92 Å². The number of anilines is 2. The molecule has 0 aromatic heterocycles. The zero-order valence-electron chi connectivity index (χ0n) is 11.3. The van der Waals surface area contributed by atoms with E-state index in [2.05, 4.69) is 5.32 Å². The quantitative estimate of drug-likeness (QED) is 0.846. The monoisotopic (exact) mass is 308 g/mol. The Morgan fingerprint density at radius 2 is 2.10 bits per heavy atom. The van der Waals surface area contributed by atoms with E-state index >= 15 is 0 Å². The first-order valence-electron chi connectivity index (χ1n) is 6.30. The molecule has 0 fully saturated rings. The third-order valence-corrected chi connectivity index (χ3v) is 2.99. The van der Waals surface area contributed by atoms with Crippen LogP contribution in [0.15, 0.2) is 36.4 Å². The molecular weight excluding hydrogens is 295 g/mol. The van der Waals surface area contributed by atoms with Gasteiger partial charge in [-0.25, -0.2) is 4.39 Å². The summed E-state index contributed by atoms with van der Waals surface area (Å²) in [6.45, 7) is 2.27. The van der Waals surface area contributed by atoms with E-state index in [0.717, 1.165) is 6.07 Å². The van der Waals surface area contributed by atoms with Crippen LogP contribution in [0.25, 0.3) is 0 Å². The topological polar surface area (TPSA) is 64.3 Å². The molecule has 0 aliphatic rings. The average molecular weight is 309 g/mol. The number of hydrogen-bond acceptors (Lipinski definition) is 3. The van der Waals surface area contributed by atoms with E-state index in [9.17, 15) is 9.18 Å². The second-order valence-electron chi connectivity index (χ2n) is 4.26. The summed E-state index contributed by atoms with van der Waals surface area (Å²) in [7, 11) is 0. The molecule has 0 saturated carbocycles. The lowest BCUT2D eigenvalue weighted by Crippen LogP contribution is -2.13. The maximum Gasteiger partial charge on any atom is 0.255 e. The van der Waals surface area contributed by atoms with Crippen molar-refractivity contribution in [3.8, 4) is 5.75 Å². The summed E-state index contributed by atoms with van der Waals surface area (Å²) in [6.07, 6.45) is 0. The molecule has 0 saturated heterocycles. The largest absolute Gasteiger partial charge is 0.492 e. The van der Waals surface area contributed by atoms with Crippen LogP contribution in [0, 0.1) is 5.82 Å². The molecule has 0 bridgehead atoms. The van der Waals surface area contributed by atoms with Gasteiger partial charge in [0.1, 0.15) is 11.6 Å². The number of carbonyl (C=O) groups is 1. The summed E-state index contributed by atoms with van der Waals surface area (Å²) in [5.74, 6) is -0.623. The molecule has 0 heterocycles. The Balaban J connectivity index is 2.26. The predicted octanol–water partition coefficient (Wildman–Crippen LogP) is 3.71. The van der Waals surface area contributed by atoms with E-state index in [1.54, 1.807) is 18.2 Å². The van der Waals surface area contributed by atoms with Crippen molar-refractivity contribution in [2.24, 2.45) is 0 Å². The molecule has 3 N–H and O–H groups in total. The Labute approximate surface area is 126 Å². The fourth-order valence-corrected chi connectivity index (χ4v) is 1.92. The summed E-state index contributed by atoms with van der Waals surface area (Å²) in [4.78, 5) is 12.1. The van der Waals surface area contributed by atoms with Gasteiger partial charge in [-0.2, -0.15) is 0 Å². The Kier molecular flexibility index (Phi) is 4.65. The van der Waals surface area contributed by atoms with Gasteiger partial charge in [0, 0.05) is 10.6 Å². The van der Waals surface area contributed by atoms with Gasteiger partial charge in [-0.05, 0) is 43.3 Å². The Hall–Kier alpha value is -2.27. The Bertz CT molecular complexity index is 677. The number of amides is 1. The van der Waals surface area contributed by atoms with Gasteiger partial charge in [0.15, 0.2) is 0 Å². The zero-order valence-corrected chi connectivity index (χ0v) is 12.1.